The molecule has 2 saturated heterocycles. The Morgan fingerprint density at radius 3 is 1.97 bits per heavy atom. The molecule has 164 valence electrons. The third-order valence-electron chi connectivity index (χ3n) is 6.06. The first-order valence-electron chi connectivity index (χ1n) is 11.3. The van der Waals surface area contributed by atoms with E-state index in [2.05, 4.69) is 39.5 Å². The van der Waals surface area contributed by atoms with Gasteiger partial charge >= 0.3 is 0 Å². The van der Waals surface area contributed by atoms with Crippen LogP contribution < -0.4 is 10.3 Å². The Balaban J connectivity index is 1.33. The summed E-state index contributed by atoms with van der Waals surface area (Å²) in [6.07, 6.45) is 5.46. The molecule has 2 fully saturated rings. The van der Waals surface area contributed by atoms with Crippen LogP contribution in [0.2, 0.25) is 0 Å². The molecule has 2 aliphatic heterocycles. The molecule has 6 nitrogen and oxygen atoms in total. The summed E-state index contributed by atoms with van der Waals surface area (Å²) in [7, 11) is 0. The number of nitrogens with zero attached hydrogens (tertiary/aromatic N) is 3. The standard InChI is InChI=1S/C25H32N4O2/c1-20(30)29(28-16-4-5-17-28)24-12-8-22(9-13-24)18-21-6-10-23(11-7-21)26-25(31)19-27-14-2-3-15-27/h6-13H,2-5,14-19H2,1H3,(H,26,31). The number of anilines is 2. The first kappa shape index (κ1) is 21.5. The zero-order valence-corrected chi connectivity index (χ0v) is 18.3. The maximum absolute atomic E-state index is 12.2. The minimum atomic E-state index is 0.0528. The molecule has 0 atom stereocenters. The van der Waals surface area contributed by atoms with Crippen molar-refractivity contribution >= 4 is 23.2 Å². The predicted molar refractivity (Wildman–Crippen MR) is 124 cm³/mol. The first-order valence-corrected chi connectivity index (χ1v) is 11.3. The molecule has 0 unspecified atom stereocenters. The summed E-state index contributed by atoms with van der Waals surface area (Å²) < 4.78 is 0. The van der Waals surface area contributed by atoms with E-state index in [0.29, 0.717) is 6.54 Å². The SMILES string of the molecule is CC(=O)N(c1ccc(Cc2ccc(NC(=O)CN3CCCC3)cc2)cc1)N1CCCC1. The van der Waals surface area contributed by atoms with Crippen LogP contribution in [-0.4, -0.2) is 54.4 Å². The van der Waals surface area contributed by atoms with Crippen molar-refractivity contribution in [3.05, 3.63) is 59.7 Å². The molecule has 4 rings (SSSR count). The second kappa shape index (κ2) is 10.1. The van der Waals surface area contributed by atoms with E-state index >= 15 is 0 Å². The molecule has 0 aliphatic carbocycles. The first-order chi connectivity index (χ1) is 15.1. The number of hydrogen-bond donors (Lipinski definition) is 1. The maximum atomic E-state index is 12.2. The van der Waals surface area contributed by atoms with Crippen LogP contribution >= 0.6 is 0 Å². The molecule has 2 aromatic carbocycles. The number of hydrogen-bond acceptors (Lipinski definition) is 4. The van der Waals surface area contributed by atoms with E-state index in [9.17, 15) is 9.59 Å². The van der Waals surface area contributed by atoms with Gasteiger partial charge < -0.3 is 5.32 Å². The van der Waals surface area contributed by atoms with Crippen molar-refractivity contribution in [2.45, 2.75) is 39.0 Å². The Morgan fingerprint density at radius 1 is 0.839 bits per heavy atom. The van der Waals surface area contributed by atoms with Gasteiger partial charge in [0.1, 0.15) is 0 Å². The molecule has 6 heteroatoms. The van der Waals surface area contributed by atoms with E-state index in [1.54, 1.807) is 11.9 Å². The van der Waals surface area contributed by atoms with Gasteiger partial charge in [-0.1, -0.05) is 24.3 Å². The second-order valence-corrected chi connectivity index (χ2v) is 8.56. The Bertz CT molecular complexity index is 883. The zero-order chi connectivity index (χ0) is 21.6. The summed E-state index contributed by atoms with van der Waals surface area (Å²) in [6.45, 7) is 6.01. The van der Waals surface area contributed by atoms with Crippen molar-refractivity contribution in [2.24, 2.45) is 0 Å². The van der Waals surface area contributed by atoms with E-state index < -0.39 is 0 Å². The number of amides is 2. The van der Waals surface area contributed by atoms with Crippen LogP contribution in [0.1, 0.15) is 43.7 Å². The van der Waals surface area contributed by atoms with E-state index in [-0.39, 0.29) is 11.8 Å². The minimum Gasteiger partial charge on any atom is -0.325 e. The lowest BCUT2D eigenvalue weighted by atomic mass is 10.0. The van der Waals surface area contributed by atoms with Gasteiger partial charge in [0.2, 0.25) is 11.8 Å². The average Bonchev–Trinajstić information content (AvgIpc) is 3.45. The fourth-order valence-electron chi connectivity index (χ4n) is 4.49. The molecule has 2 aromatic rings. The van der Waals surface area contributed by atoms with Gasteiger partial charge in [-0.2, -0.15) is 0 Å². The fourth-order valence-corrected chi connectivity index (χ4v) is 4.49. The maximum Gasteiger partial charge on any atom is 0.238 e. The number of carbonyl (C=O) groups excluding carboxylic acids is 2. The van der Waals surface area contributed by atoms with Gasteiger partial charge in [0.25, 0.3) is 0 Å². The van der Waals surface area contributed by atoms with E-state index in [1.165, 1.54) is 24.0 Å². The molecule has 2 aliphatic rings. The number of likely N-dealkylation sites (tertiary alicyclic amines) is 1. The Hall–Kier alpha value is -2.70. The van der Waals surface area contributed by atoms with Gasteiger partial charge in [0.15, 0.2) is 0 Å². The lowest BCUT2D eigenvalue weighted by Crippen LogP contribution is -2.44. The molecule has 2 heterocycles. The van der Waals surface area contributed by atoms with Crippen molar-refractivity contribution in [2.75, 3.05) is 43.0 Å². The molecule has 1 N–H and O–H groups in total. The molecule has 2 amide bonds. The molecule has 0 spiro atoms. The quantitative estimate of drug-likeness (QED) is 0.743. The fraction of sp³-hybridized carbons (Fsp3) is 0.440. The van der Waals surface area contributed by atoms with Crippen LogP contribution in [0, 0.1) is 0 Å². The molecule has 0 radical (unpaired) electrons. The largest absolute Gasteiger partial charge is 0.325 e. The van der Waals surface area contributed by atoms with Crippen molar-refractivity contribution in [3.8, 4) is 0 Å². The molecule has 0 saturated carbocycles. The van der Waals surface area contributed by atoms with Crippen LogP contribution in [-0.2, 0) is 16.0 Å². The normalized spacial score (nSPS) is 17.1. The topological polar surface area (TPSA) is 55.9 Å². The summed E-state index contributed by atoms with van der Waals surface area (Å²) in [5.74, 6) is 0.107. The molecular formula is C25H32N4O2. The molecule has 0 aromatic heterocycles. The van der Waals surface area contributed by atoms with E-state index in [1.807, 2.05) is 24.3 Å². The summed E-state index contributed by atoms with van der Waals surface area (Å²) in [5.41, 5.74) is 4.15. The lowest BCUT2D eigenvalue weighted by Gasteiger charge is -2.30. The van der Waals surface area contributed by atoms with Gasteiger partial charge in [0.05, 0.1) is 12.2 Å². The zero-order valence-electron chi connectivity index (χ0n) is 18.3. The van der Waals surface area contributed by atoms with Crippen LogP contribution in [0.3, 0.4) is 0 Å². The Morgan fingerprint density at radius 2 is 1.39 bits per heavy atom. The second-order valence-electron chi connectivity index (χ2n) is 8.56. The Labute approximate surface area is 184 Å². The third-order valence-corrected chi connectivity index (χ3v) is 6.06. The van der Waals surface area contributed by atoms with Crippen molar-refractivity contribution < 1.29 is 9.59 Å². The smallest absolute Gasteiger partial charge is 0.238 e. The average molecular weight is 421 g/mol. The monoisotopic (exact) mass is 420 g/mol. The van der Waals surface area contributed by atoms with E-state index in [4.69, 9.17) is 0 Å². The number of rotatable bonds is 7. The van der Waals surface area contributed by atoms with Crippen molar-refractivity contribution in [1.29, 1.82) is 0 Å². The predicted octanol–water partition coefficient (Wildman–Crippen LogP) is 3.68. The van der Waals surface area contributed by atoms with Gasteiger partial charge in [-0.15, -0.1) is 0 Å². The van der Waals surface area contributed by atoms with Crippen LogP contribution in [0.15, 0.2) is 48.5 Å². The van der Waals surface area contributed by atoms with Gasteiger partial charge in [-0.25, -0.2) is 10.0 Å². The van der Waals surface area contributed by atoms with Crippen LogP contribution in [0.25, 0.3) is 0 Å². The van der Waals surface area contributed by atoms with Gasteiger partial charge in [-0.3, -0.25) is 14.5 Å². The summed E-state index contributed by atoms with van der Waals surface area (Å²) >= 11 is 0. The summed E-state index contributed by atoms with van der Waals surface area (Å²) in [4.78, 5) is 26.6. The highest BCUT2D eigenvalue weighted by Crippen LogP contribution is 2.23. The van der Waals surface area contributed by atoms with Crippen LogP contribution in [0.4, 0.5) is 11.4 Å². The number of nitrogens with one attached hydrogen (secondary N) is 1. The van der Waals surface area contributed by atoms with Crippen molar-refractivity contribution in [3.63, 3.8) is 0 Å². The van der Waals surface area contributed by atoms with Crippen molar-refractivity contribution in [1.82, 2.24) is 9.91 Å². The number of benzene rings is 2. The summed E-state index contributed by atoms with van der Waals surface area (Å²) in [6, 6.07) is 16.3. The summed E-state index contributed by atoms with van der Waals surface area (Å²) in [5, 5.41) is 6.93. The third kappa shape index (κ3) is 5.71. The number of hydrazine groups is 1. The van der Waals surface area contributed by atoms with Gasteiger partial charge in [0, 0.05) is 25.7 Å². The van der Waals surface area contributed by atoms with Crippen LogP contribution in [0.5, 0.6) is 0 Å². The minimum absolute atomic E-state index is 0.0528. The van der Waals surface area contributed by atoms with E-state index in [0.717, 1.165) is 56.8 Å². The Kier molecular flexibility index (Phi) is 6.99. The van der Waals surface area contributed by atoms with Gasteiger partial charge in [-0.05, 0) is 80.6 Å². The highest BCUT2D eigenvalue weighted by molar-refractivity contribution is 5.92. The highest BCUT2D eigenvalue weighted by atomic mass is 16.2. The number of carbonyl (C=O) groups is 2. The molecular weight excluding hydrogens is 388 g/mol. The highest BCUT2D eigenvalue weighted by Gasteiger charge is 2.23. The lowest BCUT2D eigenvalue weighted by molar-refractivity contribution is -0.119. The molecule has 0 bridgehead atoms. The molecule has 31 heavy (non-hydrogen) atoms.